The lowest BCUT2D eigenvalue weighted by Gasteiger charge is -2.37. The number of allylic oxidation sites excluding steroid dienone is 2. The number of fused-ring (bicyclic) bond motifs is 2. The highest BCUT2D eigenvalue weighted by atomic mass is 16.5. The third-order valence-corrected chi connectivity index (χ3v) is 6.64. The van der Waals surface area contributed by atoms with Crippen LogP contribution in [0, 0.1) is 0 Å². The Hall–Kier alpha value is -2.48. The number of benzene rings is 1. The molecule has 1 aromatic carbocycles. The lowest BCUT2D eigenvalue weighted by atomic mass is 9.90. The van der Waals surface area contributed by atoms with E-state index < -0.39 is 5.60 Å². The van der Waals surface area contributed by atoms with E-state index >= 15 is 0 Å². The second kappa shape index (κ2) is 7.58. The summed E-state index contributed by atoms with van der Waals surface area (Å²) in [4.78, 5) is 12.2. The summed E-state index contributed by atoms with van der Waals surface area (Å²) in [5.74, 6) is 1.67. The van der Waals surface area contributed by atoms with E-state index in [0.717, 1.165) is 34.9 Å². The molecule has 0 aromatic heterocycles. The van der Waals surface area contributed by atoms with Gasteiger partial charge in [0.1, 0.15) is 5.84 Å². The molecule has 1 aromatic rings. The predicted molar refractivity (Wildman–Crippen MR) is 122 cm³/mol. The Balaban J connectivity index is 1.46. The maximum absolute atomic E-state index is 11.0. The molecular weight excluding hydrogens is 390 g/mol. The van der Waals surface area contributed by atoms with Crippen molar-refractivity contribution in [2.24, 2.45) is 15.7 Å². The molecule has 5 rings (SSSR count). The molecule has 3 heterocycles. The van der Waals surface area contributed by atoms with Gasteiger partial charge >= 0.3 is 0 Å². The van der Waals surface area contributed by atoms with Crippen molar-refractivity contribution in [2.75, 3.05) is 26.3 Å². The fourth-order valence-electron chi connectivity index (χ4n) is 4.65. The Kier molecular flexibility index (Phi) is 5.00. The quantitative estimate of drug-likeness (QED) is 0.677. The largest absolute Gasteiger partial charge is 0.385 e. The molecular formula is C24H31N5O2. The van der Waals surface area contributed by atoms with Gasteiger partial charge in [0.05, 0.1) is 36.9 Å². The monoisotopic (exact) mass is 421 g/mol. The summed E-state index contributed by atoms with van der Waals surface area (Å²) in [5.41, 5.74) is 9.58. The van der Waals surface area contributed by atoms with E-state index in [-0.39, 0.29) is 11.6 Å². The minimum atomic E-state index is -0.858. The lowest BCUT2D eigenvalue weighted by Crippen LogP contribution is -2.60. The van der Waals surface area contributed by atoms with E-state index in [4.69, 9.17) is 20.5 Å². The summed E-state index contributed by atoms with van der Waals surface area (Å²) >= 11 is 0. The Morgan fingerprint density at radius 2 is 2.16 bits per heavy atom. The zero-order valence-corrected chi connectivity index (χ0v) is 18.3. The van der Waals surface area contributed by atoms with Crippen molar-refractivity contribution in [3.63, 3.8) is 0 Å². The van der Waals surface area contributed by atoms with Gasteiger partial charge in [-0.2, -0.15) is 0 Å². The third kappa shape index (κ3) is 3.93. The molecule has 0 radical (unpaired) electrons. The Morgan fingerprint density at radius 1 is 1.35 bits per heavy atom. The summed E-state index contributed by atoms with van der Waals surface area (Å²) in [5, 5.41) is 14.5. The van der Waals surface area contributed by atoms with Crippen LogP contribution in [-0.4, -0.2) is 59.7 Å². The summed E-state index contributed by atoms with van der Waals surface area (Å²) in [7, 11) is 0. The van der Waals surface area contributed by atoms with Crippen molar-refractivity contribution in [3.05, 3.63) is 58.7 Å². The molecule has 4 aliphatic rings. The second-order valence-electron chi connectivity index (χ2n) is 9.50. The average Bonchev–Trinajstić information content (AvgIpc) is 2.87. The van der Waals surface area contributed by atoms with Gasteiger partial charge in [0.15, 0.2) is 0 Å². The van der Waals surface area contributed by atoms with Crippen LogP contribution < -0.4 is 11.1 Å². The number of nitrogens with two attached hydrogens (primary N) is 1. The van der Waals surface area contributed by atoms with Crippen LogP contribution in [0.3, 0.4) is 0 Å². The fraction of sp³-hybridized carbons (Fsp3) is 0.500. The zero-order valence-electron chi connectivity index (χ0n) is 18.3. The molecule has 0 bridgehead atoms. The molecule has 1 aliphatic carbocycles. The van der Waals surface area contributed by atoms with E-state index in [1.807, 2.05) is 25.1 Å². The maximum atomic E-state index is 11.0. The number of rotatable bonds is 2. The number of hydrogen-bond donors (Lipinski definition) is 3. The standard InChI is InChI=1S/C24H31N5O2/c1-16-7-8-20-18(11-16)21(26-13-24(25)14-31-15-24)28-22(27-20)29-10-9-23(2,30)19-6-4-3-5-17(19)12-29/h3-7,11,20,30H,8-10,12-15,25H2,1-2H3,(H,26,27,28). The van der Waals surface area contributed by atoms with Crippen LogP contribution in [0.1, 0.15) is 37.8 Å². The molecule has 7 heteroatoms. The molecule has 0 amide bonds. The van der Waals surface area contributed by atoms with Crippen LogP contribution in [-0.2, 0) is 16.9 Å². The third-order valence-electron chi connectivity index (χ3n) is 6.64. The number of ether oxygens (including phenoxy) is 1. The van der Waals surface area contributed by atoms with Crippen LogP contribution in [0.2, 0.25) is 0 Å². The fourth-order valence-corrected chi connectivity index (χ4v) is 4.65. The average molecular weight is 422 g/mol. The first-order chi connectivity index (χ1) is 14.8. The van der Waals surface area contributed by atoms with Gasteiger partial charge in [-0.05, 0) is 37.8 Å². The minimum Gasteiger partial charge on any atom is -0.385 e. The SMILES string of the molecule is CC1=CCC2N=C(N3CCC(C)(O)c4ccccc4C3)NC(=NCC3(N)COC3)C2=C1. The highest BCUT2D eigenvalue weighted by molar-refractivity contribution is 6.12. The number of guanidine groups is 1. The molecule has 0 saturated carbocycles. The summed E-state index contributed by atoms with van der Waals surface area (Å²) < 4.78 is 5.29. The number of nitrogens with one attached hydrogen (secondary N) is 1. The van der Waals surface area contributed by atoms with E-state index in [9.17, 15) is 5.11 Å². The molecule has 1 fully saturated rings. The van der Waals surface area contributed by atoms with E-state index in [1.165, 1.54) is 5.57 Å². The van der Waals surface area contributed by atoms with Crippen LogP contribution in [0.4, 0.5) is 0 Å². The van der Waals surface area contributed by atoms with Gasteiger partial charge in [0.2, 0.25) is 5.96 Å². The minimum absolute atomic E-state index is 0.0454. The number of aliphatic imine (C=N–C) groups is 2. The Morgan fingerprint density at radius 3 is 2.94 bits per heavy atom. The predicted octanol–water partition coefficient (Wildman–Crippen LogP) is 1.83. The first-order valence-corrected chi connectivity index (χ1v) is 11.0. The maximum Gasteiger partial charge on any atom is 0.200 e. The molecule has 31 heavy (non-hydrogen) atoms. The van der Waals surface area contributed by atoms with Crippen LogP contribution in [0.25, 0.3) is 0 Å². The molecule has 0 spiro atoms. The molecule has 2 unspecified atom stereocenters. The number of hydrogen-bond acceptors (Lipinski definition) is 6. The van der Waals surface area contributed by atoms with E-state index in [0.29, 0.717) is 39.3 Å². The topological polar surface area (TPSA) is 95.5 Å². The molecule has 3 aliphatic heterocycles. The second-order valence-corrected chi connectivity index (χ2v) is 9.50. The van der Waals surface area contributed by atoms with Crippen molar-refractivity contribution in [3.8, 4) is 0 Å². The van der Waals surface area contributed by atoms with Gasteiger partial charge in [-0.15, -0.1) is 0 Å². The first-order valence-electron chi connectivity index (χ1n) is 11.0. The first kappa shape index (κ1) is 20.4. The van der Waals surface area contributed by atoms with Crippen molar-refractivity contribution in [2.45, 2.75) is 50.4 Å². The summed E-state index contributed by atoms with van der Waals surface area (Å²) in [6.45, 7) is 7.02. The van der Waals surface area contributed by atoms with Crippen molar-refractivity contribution in [1.29, 1.82) is 0 Å². The number of amidine groups is 1. The summed E-state index contributed by atoms with van der Waals surface area (Å²) in [6.07, 6.45) is 5.89. The van der Waals surface area contributed by atoms with Gasteiger partial charge in [-0.1, -0.05) is 42.0 Å². The van der Waals surface area contributed by atoms with Crippen molar-refractivity contribution >= 4 is 11.8 Å². The molecule has 2 atom stereocenters. The van der Waals surface area contributed by atoms with Gasteiger partial charge < -0.3 is 25.8 Å². The van der Waals surface area contributed by atoms with Gasteiger partial charge in [-0.25, -0.2) is 4.99 Å². The molecule has 4 N–H and O–H groups in total. The Labute approximate surface area is 183 Å². The lowest BCUT2D eigenvalue weighted by molar-refractivity contribution is -0.0479. The number of aliphatic hydroxyl groups is 1. The number of nitrogens with zero attached hydrogens (tertiary/aromatic N) is 3. The zero-order chi connectivity index (χ0) is 21.6. The highest BCUT2D eigenvalue weighted by Crippen LogP contribution is 2.33. The van der Waals surface area contributed by atoms with E-state index in [1.54, 1.807) is 0 Å². The molecule has 7 nitrogen and oxygen atoms in total. The highest BCUT2D eigenvalue weighted by Gasteiger charge is 2.36. The van der Waals surface area contributed by atoms with Gasteiger partial charge in [0.25, 0.3) is 0 Å². The van der Waals surface area contributed by atoms with Gasteiger partial charge in [-0.3, -0.25) is 4.99 Å². The molecule has 164 valence electrons. The van der Waals surface area contributed by atoms with Gasteiger partial charge in [0, 0.05) is 18.7 Å². The van der Waals surface area contributed by atoms with Crippen LogP contribution in [0.15, 0.2) is 57.5 Å². The molecule has 1 saturated heterocycles. The van der Waals surface area contributed by atoms with E-state index in [2.05, 4.69) is 35.4 Å². The van der Waals surface area contributed by atoms with Crippen molar-refractivity contribution in [1.82, 2.24) is 10.2 Å². The normalized spacial score (nSPS) is 30.7. The smallest absolute Gasteiger partial charge is 0.200 e. The van der Waals surface area contributed by atoms with Crippen LogP contribution in [0.5, 0.6) is 0 Å². The van der Waals surface area contributed by atoms with Crippen LogP contribution >= 0.6 is 0 Å². The van der Waals surface area contributed by atoms with Crippen molar-refractivity contribution < 1.29 is 9.84 Å². The summed E-state index contributed by atoms with van der Waals surface area (Å²) in [6, 6.07) is 8.18. The Bertz CT molecular complexity index is 1000.